The lowest BCUT2D eigenvalue weighted by Crippen LogP contribution is -2.49. The Morgan fingerprint density at radius 2 is 1.84 bits per heavy atom. The Morgan fingerprint density at radius 3 is 2.42 bits per heavy atom. The fraction of sp³-hybridized carbons (Fsp3) is 0.500. The van der Waals surface area contributed by atoms with Gasteiger partial charge in [-0.15, -0.1) is 0 Å². The summed E-state index contributed by atoms with van der Waals surface area (Å²) < 4.78 is 53.4. The fourth-order valence-corrected chi connectivity index (χ4v) is 2.43. The van der Waals surface area contributed by atoms with E-state index in [-0.39, 0.29) is 18.1 Å². The average Bonchev–Trinajstić information content (AvgIpc) is 2.33. The predicted octanol–water partition coefficient (Wildman–Crippen LogP) is 2.99. The van der Waals surface area contributed by atoms with E-state index >= 15 is 0 Å². The molecule has 1 fully saturated rings. The first-order valence-corrected chi connectivity index (χ1v) is 6.24. The normalized spacial score (nSPS) is 19.4. The molecule has 0 bridgehead atoms. The van der Waals surface area contributed by atoms with Crippen molar-refractivity contribution >= 4 is 11.6 Å². The molecule has 7 heteroatoms. The van der Waals surface area contributed by atoms with Gasteiger partial charge in [-0.25, -0.2) is 4.39 Å². The van der Waals surface area contributed by atoms with Gasteiger partial charge in [-0.05, 0) is 18.2 Å². The second-order valence-electron chi connectivity index (χ2n) is 4.40. The van der Waals surface area contributed by atoms with Crippen LogP contribution < -0.4 is 5.32 Å². The third-order valence-corrected chi connectivity index (χ3v) is 3.31. The Kier molecular flexibility index (Phi) is 4.32. The summed E-state index contributed by atoms with van der Waals surface area (Å²) in [4.78, 5) is 1.23. The highest BCUT2D eigenvalue weighted by Crippen LogP contribution is 2.39. The molecular formula is C12H13ClF4N2. The van der Waals surface area contributed by atoms with Gasteiger partial charge in [0.1, 0.15) is 11.9 Å². The SMILES string of the molecule is Fc1ccc(Cl)cc1[C@@H](N1CCNCC1)C(F)(F)F. The lowest BCUT2D eigenvalue weighted by Gasteiger charge is -2.36. The second kappa shape index (κ2) is 5.64. The summed E-state index contributed by atoms with van der Waals surface area (Å²) >= 11 is 5.69. The minimum Gasteiger partial charge on any atom is -0.314 e. The molecule has 1 saturated heterocycles. The fourth-order valence-electron chi connectivity index (χ4n) is 2.24. The number of alkyl halides is 3. The third-order valence-electron chi connectivity index (χ3n) is 3.08. The van der Waals surface area contributed by atoms with Crippen LogP contribution in [-0.4, -0.2) is 37.3 Å². The zero-order valence-electron chi connectivity index (χ0n) is 9.97. The van der Waals surface area contributed by atoms with Gasteiger partial charge in [0.05, 0.1) is 0 Å². The highest BCUT2D eigenvalue weighted by Gasteiger charge is 2.46. The van der Waals surface area contributed by atoms with Gasteiger partial charge in [0, 0.05) is 36.8 Å². The summed E-state index contributed by atoms with van der Waals surface area (Å²) in [5.41, 5.74) is -0.415. The van der Waals surface area contributed by atoms with Crippen LogP contribution in [0.15, 0.2) is 18.2 Å². The van der Waals surface area contributed by atoms with Gasteiger partial charge in [0.15, 0.2) is 0 Å². The van der Waals surface area contributed by atoms with Crippen molar-refractivity contribution in [3.05, 3.63) is 34.6 Å². The standard InChI is InChI=1S/C12H13ClF4N2/c13-8-1-2-10(14)9(7-8)11(12(15,16)17)19-5-3-18-4-6-19/h1-2,7,11,18H,3-6H2/t11-/m1/s1. The molecule has 2 nitrogen and oxygen atoms in total. The lowest BCUT2D eigenvalue weighted by atomic mass is 10.0. The Bertz CT molecular complexity index is 444. The van der Waals surface area contributed by atoms with Gasteiger partial charge in [0.2, 0.25) is 0 Å². The molecule has 19 heavy (non-hydrogen) atoms. The molecule has 0 radical (unpaired) electrons. The number of benzene rings is 1. The number of hydrogen-bond acceptors (Lipinski definition) is 2. The summed E-state index contributed by atoms with van der Waals surface area (Å²) in [5.74, 6) is -0.884. The molecule has 0 aliphatic carbocycles. The molecule has 1 N–H and O–H groups in total. The first kappa shape index (κ1) is 14.6. The maximum absolute atomic E-state index is 13.7. The van der Waals surface area contributed by atoms with Crippen molar-refractivity contribution in [2.75, 3.05) is 26.2 Å². The molecule has 0 saturated carbocycles. The van der Waals surface area contributed by atoms with Crippen LogP contribution in [0.2, 0.25) is 5.02 Å². The van der Waals surface area contributed by atoms with E-state index in [1.54, 1.807) is 0 Å². The topological polar surface area (TPSA) is 15.3 Å². The molecule has 1 aromatic rings. The molecule has 1 heterocycles. The number of hydrogen-bond donors (Lipinski definition) is 1. The van der Waals surface area contributed by atoms with Gasteiger partial charge >= 0.3 is 6.18 Å². The van der Waals surface area contributed by atoms with E-state index in [0.717, 1.165) is 12.1 Å². The number of piperazine rings is 1. The van der Waals surface area contributed by atoms with Gasteiger partial charge in [-0.1, -0.05) is 11.6 Å². The van der Waals surface area contributed by atoms with Gasteiger partial charge in [-0.3, -0.25) is 4.90 Å². The highest BCUT2D eigenvalue weighted by molar-refractivity contribution is 6.30. The first-order valence-electron chi connectivity index (χ1n) is 5.86. The summed E-state index contributed by atoms with van der Waals surface area (Å²) in [6.07, 6.45) is -4.54. The number of halogens is 5. The van der Waals surface area contributed by atoms with Crippen LogP contribution in [0.5, 0.6) is 0 Å². The van der Waals surface area contributed by atoms with E-state index < -0.39 is 23.6 Å². The molecule has 1 aliphatic heterocycles. The monoisotopic (exact) mass is 296 g/mol. The molecule has 0 spiro atoms. The molecule has 2 rings (SSSR count). The summed E-state index contributed by atoms with van der Waals surface area (Å²) in [6.45, 7) is 1.34. The van der Waals surface area contributed by atoms with Crippen LogP contribution in [0.3, 0.4) is 0 Å². The van der Waals surface area contributed by atoms with Crippen LogP contribution in [-0.2, 0) is 0 Å². The number of rotatable bonds is 2. The molecule has 0 amide bonds. The third kappa shape index (κ3) is 3.38. The maximum Gasteiger partial charge on any atom is 0.408 e. The Labute approximate surface area is 113 Å². The van der Waals surface area contributed by atoms with Crippen molar-refractivity contribution < 1.29 is 17.6 Å². The molecule has 1 aromatic carbocycles. The van der Waals surface area contributed by atoms with Crippen LogP contribution >= 0.6 is 11.6 Å². The number of nitrogens with zero attached hydrogens (tertiary/aromatic N) is 1. The summed E-state index contributed by atoms with van der Waals surface area (Å²) in [5, 5.41) is 3.07. The molecule has 106 valence electrons. The molecule has 0 aromatic heterocycles. The van der Waals surface area contributed by atoms with Gasteiger partial charge in [-0.2, -0.15) is 13.2 Å². The van der Waals surface area contributed by atoms with E-state index in [0.29, 0.717) is 13.1 Å². The number of nitrogens with one attached hydrogen (secondary N) is 1. The first-order chi connectivity index (χ1) is 8.89. The van der Waals surface area contributed by atoms with E-state index in [2.05, 4.69) is 5.32 Å². The van der Waals surface area contributed by atoms with Crippen LogP contribution in [0.1, 0.15) is 11.6 Å². The van der Waals surface area contributed by atoms with E-state index in [9.17, 15) is 17.6 Å². The lowest BCUT2D eigenvalue weighted by molar-refractivity contribution is -0.188. The Balaban J connectivity index is 2.39. The second-order valence-corrected chi connectivity index (χ2v) is 4.83. The van der Waals surface area contributed by atoms with Crippen LogP contribution in [0.25, 0.3) is 0 Å². The molecule has 1 atom stereocenters. The van der Waals surface area contributed by atoms with Crippen molar-refractivity contribution in [1.82, 2.24) is 10.2 Å². The van der Waals surface area contributed by atoms with Crippen LogP contribution in [0, 0.1) is 5.82 Å². The Hall–Kier alpha value is -0.850. The van der Waals surface area contributed by atoms with Crippen LogP contribution in [0.4, 0.5) is 17.6 Å². The highest BCUT2D eigenvalue weighted by atomic mass is 35.5. The van der Waals surface area contributed by atoms with E-state index in [1.807, 2.05) is 0 Å². The van der Waals surface area contributed by atoms with Crippen molar-refractivity contribution in [1.29, 1.82) is 0 Å². The average molecular weight is 297 g/mol. The predicted molar refractivity (Wildman–Crippen MR) is 64.6 cm³/mol. The quantitative estimate of drug-likeness (QED) is 0.844. The molecule has 1 aliphatic rings. The smallest absolute Gasteiger partial charge is 0.314 e. The minimum atomic E-state index is -4.54. The largest absolute Gasteiger partial charge is 0.408 e. The van der Waals surface area contributed by atoms with Crippen molar-refractivity contribution in [2.45, 2.75) is 12.2 Å². The Morgan fingerprint density at radius 1 is 1.21 bits per heavy atom. The van der Waals surface area contributed by atoms with E-state index in [4.69, 9.17) is 11.6 Å². The van der Waals surface area contributed by atoms with Gasteiger partial charge in [0.25, 0.3) is 0 Å². The molecule has 0 unspecified atom stereocenters. The van der Waals surface area contributed by atoms with Crippen molar-refractivity contribution in [2.24, 2.45) is 0 Å². The molecular weight excluding hydrogens is 284 g/mol. The summed E-state index contributed by atoms with van der Waals surface area (Å²) in [6, 6.07) is 1.31. The maximum atomic E-state index is 13.7. The van der Waals surface area contributed by atoms with E-state index in [1.165, 1.54) is 11.0 Å². The van der Waals surface area contributed by atoms with Crippen molar-refractivity contribution in [3.8, 4) is 0 Å². The van der Waals surface area contributed by atoms with Crippen molar-refractivity contribution in [3.63, 3.8) is 0 Å². The zero-order valence-corrected chi connectivity index (χ0v) is 10.7. The minimum absolute atomic E-state index is 0.0979. The zero-order chi connectivity index (χ0) is 14.0. The van der Waals surface area contributed by atoms with Gasteiger partial charge < -0.3 is 5.32 Å². The summed E-state index contributed by atoms with van der Waals surface area (Å²) in [7, 11) is 0.